The standard InChI is InChI=1S/C22H25N3O2S/c1-16-6-5-7-18(14-16)21(26)27-20-12-10-17(11-13-20)15-23-25-22(28)24-19-8-3-2-4-9-19/h5-7,10-15,19H,2-4,8-9H2,1H3,(H2,24,25,28)/b23-15-. The summed E-state index contributed by atoms with van der Waals surface area (Å²) < 4.78 is 5.41. The van der Waals surface area contributed by atoms with Gasteiger partial charge in [-0.3, -0.25) is 5.43 Å². The van der Waals surface area contributed by atoms with Gasteiger partial charge >= 0.3 is 5.97 Å². The van der Waals surface area contributed by atoms with Gasteiger partial charge in [0.15, 0.2) is 5.11 Å². The molecule has 2 N–H and O–H groups in total. The number of benzene rings is 2. The fourth-order valence-corrected chi connectivity index (χ4v) is 3.41. The zero-order valence-electron chi connectivity index (χ0n) is 16.0. The van der Waals surface area contributed by atoms with Gasteiger partial charge in [0.1, 0.15) is 5.75 Å². The summed E-state index contributed by atoms with van der Waals surface area (Å²) >= 11 is 5.28. The van der Waals surface area contributed by atoms with Crippen molar-refractivity contribution in [1.29, 1.82) is 0 Å². The molecule has 0 aromatic heterocycles. The van der Waals surface area contributed by atoms with Crippen molar-refractivity contribution in [2.24, 2.45) is 5.10 Å². The molecule has 0 aliphatic heterocycles. The highest BCUT2D eigenvalue weighted by Gasteiger charge is 2.13. The maximum absolute atomic E-state index is 12.2. The predicted octanol–water partition coefficient (Wildman–Crippen LogP) is 4.34. The number of thiocarbonyl (C=S) groups is 1. The number of ether oxygens (including phenoxy) is 1. The van der Waals surface area contributed by atoms with E-state index in [1.807, 2.05) is 31.2 Å². The Labute approximate surface area is 171 Å². The Balaban J connectivity index is 1.47. The van der Waals surface area contributed by atoms with E-state index in [-0.39, 0.29) is 5.97 Å². The fourth-order valence-electron chi connectivity index (χ4n) is 3.19. The Hall–Kier alpha value is -2.73. The molecule has 146 valence electrons. The lowest BCUT2D eigenvalue weighted by atomic mass is 9.96. The smallest absolute Gasteiger partial charge is 0.343 e. The van der Waals surface area contributed by atoms with Crippen molar-refractivity contribution >= 4 is 29.5 Å². The third kappa shape index (κ3) is 6.16. The molecule has 0 radical (unpaired) electrons. The molecule has 0 saturated heterocycles. The normalized spacial score (nSPS) is 14.6. The van der Waals surface area contributed by atoms with E-state index in [1.165, 1.54) is 19.3 Å². The molecule has 6 heteroatoms. The molecule has 0 bridgehead atoms. The van der Waals surface area contributed by atoms with Gasteiger partial charge in [0.2, 0.25) is 0 Å². The molecular formula is C22H25N3O2S. The summed E-state index contributed by atoms with van der Waals surface area (Å²) in [7, 11) is 0. The number of hydrazone groups is 1. The molecule has 1 saturated carbocycles. The molecule has 3 rings (SSSR count). The van der Waals surface area contributed by atoms with Crippen molar-refractivity contribution in [3.05, 3.63) is 65.2 Å². The molecule has 5 nitrogen and oxygen atoms in total. The van der Waals surface area contributed by atoms with Gasteiger partial charge < -0.3 is 10.1 Å². The van der Waals surface area contributed by atoms with Crippen LogP contribution in [0.15, 0.2) is 53.6 Å². The maximum atomic E-state index is 12.2. The average molecular weight is 396 g/mol. The van der Waals surface area contributed by atoms with Crippen LogP contribution in [0.5, 0.6) is 5.75 Å². The molecule has 1 aliphatic rings. The van der Waals surface area contributed by atoms with Gasteiger partial charge in [-0.1, -0.05) is 37.0 Å². The minimum Gasteiger partial charge on any atom is -0.423 e. The van der Waals surface area contributed by atoms with Crippen LogP contribution in [0.2, 0.25) is 0 Å². The maximum Gasteiger partial charge on any atom is 0.343 e. The van der Waals surface area contributed by atoms with Crippen LogP contribution < -0.4 is 15.5 Å². The van der Waals surface area contributed by atoms with E-state index in [4.69, 9.17) is 17.0 Å². The topological polar surface area (TPSA) is 62.7 Å². The van der Waals surface area contributed by atoms with Crippen molar-refractivity contribution in [2.75, 3.05) is 0 Å². The highest BCUT2D eigenvalue weighted by atomic mass is 32.1. The third-order valence-corrected chi connectivity index (χ3v) is 4.87. The SMILES string of the molecule is Cc1cccc(C(=O)Oc2ccc(/C=N\NC(=S)NC3CCCCC3)cc2)c1. The number of carbonyl (C=O) groups excluding carboxylic acids is 1. The second-order valence-corrected chi connectivity index (χ2v) is 7.41. The monoisotopic (exact) mass is 395 g/mol. The van der Waals surface area contributed by atoms with Gasteiger partial charge in [-0.25, -0.2) is 4.79 Å². The number of hydrogen-bond donors (Lipinski definition) is 2. The van der Waals surface area contributed by atoms with Crippen molar-refractivity contribution in [3.8, 4) is 5.75 Å². The Kier molecular flexibility index (Phi) is 7.14. The summed E-state index contributed by atoms with van der Waals surface area (Å²) in [5.74, 6) is 0.122. The summed E-state index contributed by atoms with van der Waals surface area (Å²) in [5.41, 5.74) is 5.29. The highest BCUT2D eigenvalue weighted by molar-refractivity contribution is 7.80. The van der Waals surface area contributed by atoms with Crippen LogP contribution in [0.25, 0.3) is 0 Å². The minimum atomic E-state index is -0.370. The van der Waals surface area contributed by atoms with Crippen LogP contribution in [-0.4, -0.2) is 23.3 Å². The predicted molar refractivity (Wildman–Crippen MR) is 116 cm³/mol. The number of nitrogens with zero attached hydrogens (tertiary/aromatic N) is 1. The van der Waals surface area contributed by atoms with E-state index in [1.54, 1.807) is 30.5 Å². The molecule has 0 unspecified atom stereocenters. The second kappa shape index (κ2) is 9.99. The first kappa shape index (κ1) is 20.0. The summed E-state index contributed by atoms with van der Waals surface area (Å²) in [6.07, 6.45) is 7.82. The Morgan fingerprint density at radius 2 is 1.89 bits per heavy atom. The third-order valence-electron chi connectivity index (χ3n) is 4.66. The van der Waals surface area contributed by atoms with Crippen LogP contribution in [-0.2, 0) is 0 Å². The number of rotatable bonds is 5. The molecule has 0 amide bonds. The van der Waals surface area contributed by atoms with Gasteiger partial charge in [0.05, 0.1) is 11.8 Å². The van der Waals surface area contributed by atoms with Gasteiger partial charge in [-0.15, -0.1) is 0 Å². The van der Waals surface area contributed by atoms with Gasteiger partial charge in [-0.05, 0) is 73.9 Å². The lowest BCUT2D eigenvalue weighted by Crippen LogP contribution is -2.40. The minimum absolute atomic E-state index is 0.370. The molecule has 28 heavy (non-hydrogen) atoms. The highest BCUT2D eigenvalue weighted by Crippen LogP contribution is 2.17. The largest absolute Gasteiger partial charge is 0.423 e. The second-order valence-electron chi connectivity index (χ2n) is 7.01. The Morgan fingerprint density at radius 3 is 2.61 bits per heavy atom. The van der Waals surface area contributed by atoms with E-state index in [0.717, 1.165) is 24.0 Å². The average Bonchev–Trinajstić information content (AvgIpc) is 2.70. The summed E-state index contributed by atoms with van der Waals surface area (Å²) in [4.78, 5) is 12.2. The van der Waals surface area contributed by atoms with Gasteiger partial charge in [0, 0.05) is 6.04 Å². The first-order valence-corrected chi connectivity index (χ1v) is 9.99. The molecule has 0 spiro atoms. The molecule has 0 heterocycles. The zero-order chi connectivity index (χ0) is 19.8. The molecule has 1 fully saturated rings. The van der Waals surface area contributed by atoms with E-state index in [2.05, 4.69) is 15.8 Å². The van der Waals surface area contributed by atoms with Crippen molar-refractivity contribution < 1.29 is 9.53 Å². The van der Waals surface area contributed by atoms with E-state index >= 15 is 0 Å². The van der Waals surface area contributed by atoms with Crippen molar-refractivity contribution in [3.63, 3.8) is 0 Å². The molecular weight excluding hydrogens is 370 g/mol. The molecule has 2 aromatic carbocycles. The number of aryl methyl sites for hydroxylation is 1. The summed E-state index contributed by atoms with van der Waals surface area (Å²) in [5, 5.41) is 8.02. The van der Waals surface area contributed by atoms with Gasteiger partial charge in [0.25, 0.3) is 0 Å². The van der Waals surface area contributed by atoms with Crippen molar-refractivity contribution in [2.45, 2.75) is 45.1 Å². The zero-order valence-corrected chi connectivity index (χ0v) is 16.8. The number of carbonyl (C=O) groups is 1. The summed E-state index contributed by atoms with van der Waals surface area (Å²) in [6.45, 7) is 1.94. The lowest BCUT2D eigenvalue weighted by Gasteiger charge is -2.23. The quantitative estimate of drug-likeness (QED) is 0.259. The van der Waals surface area contributed by atoms with Crippen LogP contribution >= 0.6 is 12.2 Å². The van der Waals surface area contributed by atoms with E-state index < -0.39 is 0 Å². The Morgan fingerprint density at radius 1 is 1.14 bits per heavy atom. The van der Waals surface area contributed by atoms with Crippen LogP contribution in [0.4, 0.5) is 0 Å². The van der Waals surface area contributed by atoms with Crippen LogP contribution in [0.1, 0.15) is 53.6 Å². The van der Waals surface area contributed by atoms with Gasteiger partial charge in [-0.2, -0.15) is 5.10 Å². The first-order chi connectivity index (χ1) is 13.6. The number of nitrogens with one attached hydrogen (secondary N) is 2. The number of hydrogen-bond acceptors (Lipinski definition) is 4. The van der Waals surface area contributed by atoms with E-state index in [0.29, 0.717) is 22.5 Å². The molecule has 1 aliphatic carbocycles. The first-order valence-electron chi connectivity index (χ1n) is 9.58. The Bertz CT molecular complexity index is 843. The molecule has 2 aromatic rings. The van der Waals surface area contributed by atoms with Crippen LogP contribution in [0.3, 0.4) is 0 Å². The van der Waals surface area contributed by atoms with E-state index in [9.17, 15) is 4.79 Å². The van der Waals surface area contributed by atoms with Crippen molar-refractivity contribution in [1.82, 2.24) is 10.7 Å². The molecule has 0 atom stereocenters. The fraction of sp³-hybridized carbons (Fsp3) is 0.318. The van der Waals surface area contributed by atoms with Crippen LogP contribution in [0, 0.1) is 6.92 Å². The number of esters is 1. The lowest BCUT2D eigenvalue weighted by molar-refractivity contribution is 0.0734. The summed E-state index contributed by atoms with van der Waals surface area (Å²) in [6, 6.07) is 14.9.